The van der Waals surface area contributed by atoms with E-state index in [1.165, 1.54) is 19.5 Å². The monoisotopic (exact) mass is 502 g/mol. The number of halogens is 3. The van der Waals surface area contributed by atoms with Crippen molar-refractivity contribution in [2.75, 3.05) is 0 Å². The number of rotatable bonds is 11. The molecule has 1 aliphatic carbocycles. The van der Waals surface area contributed by atoms with Crippen LogP contribution in [-0.2, 0) is 4.79 Å². The van der Waals surface area contributed by atoms with E-state index in [-0.39, 0.29) is 23.6 Å². The van der Waals surface area contributed by atoms with Crippen LogP contribution in [0.15, 0.2) is 81.3 Å². The van der Waals surface area contributed by atoms with E-state index in [1.54, 1.807) is 19.1 Å². The number of carbonyl (C=O) groups is 1. The van der Waals surface area contributed by atoms with Crippen molar-refractivity contribution >= 4 is 17.2 Å². The van der Waals surface area contributed by atoms with Gasteiger partial charge < -0.3 is 9.73 Å². The minimum Gasteiger partial charge on any atom is -0.472 e. The largest absolute Gasteiger partial charge is 0.472 e. The Kier molecular flexibility index (Phi) is 11.2. The van der Waals surface area contributed by atoms with Crippen LogP contribution < -0.4 is 5.32 Å². The molecule has 1 aromatic rings. The number of aliphatic imine (C=N–C) groups is 1. The quantitative estimate of drug-likeness (QED) is 0.245. The molecule has 7 heteroatoms. The Morgan fingerprint density at radius 1 is 1.25 bits per heavy atom. The van der Waals surface area contributed by atoms with Crippen LogP contribution in [0.5, 0.6) is 0 Å². The van der Waals surface area contributed by atoms with Crippen LogP contribution in [0.3, 0.4) is 0 Å². The van der Waals surface area contributed by atoms with Gasteiger partial charge in [-0.25, -0.2) is 0 Å². The highest BCUT2D eigenvalue weighted by Gasteiger charge is 2.36. The lowest BCUT2D eigenvalue weighted by Gasteiger charge is -2.21. The van der Waals surface area contributed by atoms with Crippen LogP contribution in [0.2, 0.25) is 0 Å². The van der Waals surface area contributed by atoms with Gasteiger partial charge in [-0.15, -0.1) is 0 Å². The Hall–Kier alpha value is -3.09. The molecule has 2 atom stereocenters. The third-order valence-electron chi connectivity index (χ3n) is 6.09. The first-order valence-electron chi connectivity index (χ1n) is 12.4. The summed E-state index contributed by atoms with van der Waals surface area (Å²) in [4.78, 5) is 17.3. The summed E-state index contributed by atoms with van der Waals surface area (Å²) in [5, 5.41) is 3.08. The highest BCUT2D eigenvalue weighted by Crippen LogP contribution is 2.31. The Morgan fingerprint density at radius 3 is 2.53 bits per heavy atom. The van der Waals surface area contributed by atoms with E-state index in [0.29, 0.717) is 36.1 Å². The normalized spacial score (nSPS) is 17.8. The van der Waals surface area contributed by atoms with E-state index < -0.39 is 11.7 Å². The van der Waals surface area contributed by atoms with Crippen molar-refractivity contribution in [1.29, 1.82) is 0 Å². The SMILES string of the molecule is CC=C(/C=C(\C(C)=NC(CCC(CCC)C(=O)NC1C=CC=CC1)=C(C)C)C(F)(F)F)c1ccoc1. The fourth-order valence-electron chi connectivity index (χ4n) is 4.04. The molecule has 2 unspecified atom stereocenters. The number of amides is 1. The fourth-order valence-corrected chi connectivity index (χ4v) is 4.04. The van der Waals surface area contributed by atoms with E-state index in [0.717, 1.165) is 24.5 Å². The maximum atomic E-state index is 14.0. The van der Waals surface area contributed by atoms with Gasteiger partial charge in [-0.3, -0.25) is 9.79 Å². The van der Waals surface area contributed by atoms with Crippen molar-refractivity contribution in [3.63, 3.8) is 0 Å². The number of nitrogens with zero attached hydrogens (tertiary/aromatic N) is 1. The molecular weight excluding hydrogens is 465 g/mol. The molecule has 0 radical (unpaired) electrons. The third kappa shape index (κ3) is 8.85. The predicted molar refractivity (Wildman–Crippen MR) is 140 cm³/mol. The van der Waals surface area contributed by atoms with Crippen molar-refractivity contribution in [2.24, 2.45) is 10.9 Å². The topological polar surface area (TPSA) is 54.6 Å². The first-order valence-corrected chi connectivity index (χ1v) is 12.4. The molecule has 2 rings (SSSR count). The van der Waals surface area contributed by atoms with Crippen molar-refractivity contribution in [2.45, 2.75) is 78.9 Å². The second kappa shape index (κ2) is 13.9. The Morgan fingerprint density at radius 2 is 2.00 bits per heavy atom. The average molecular weight is 503 g/mol. The van der Waals surface area contributed by atoms with Crippen LogP contribution in [0.1, 0.15) is 72.3 Å². The van der Waals surface area contributed by atoms with Gasteiger partial charge in [-0.1, -0.05) is 49.3 Å². The van der Waals surface area contributed by atoms with Crippen LogP contribution in [0, 0.1) is 5.92 Å². The second-order valence-electron chi connectivity index (χ2n) is 9.14. The van der Waals surface area contributed by atoms with Gasteiger partial charge in [-0.05, 0) is 71.1 Å². The fraction of sp³-hybridized carbons (Fsp3) is 0.448. The minimum absolute atomic E-state index is 0.0238. The first-order chi connectivity index (χ1) is 17.1. The average Bonchev–Trinajstić information content (AvgIpc) is 3.35. The van der Waals surface area contributed by atoms with E-state index >= 15 is 0 Å². The predicted octanol–water partition coefficient (Wildman–Crippen LogP) is 8.12. The zero-order valence-electron chi connectivity index (χ0n) is 21.8. The summed E-state index contributed by atoms with van der Waals surface area (Å²) in [5.41, 5.74) is 1.44. The molecule has 196 valence electrons. The van der Waals surface area contributed by atoms with Gasteiger partial charge in [0, 0.05) is 22.9 Å². The second-order valence-corrected chi connectivity index (χ2v) is 9.14. The van der Waals surface area contributed by atoms with Gasteiger partial charge in [0.1, 0.15) is 0 Å². The number of nitrogens with one attached hydrogen (secondary N) is 1. The highest BCUT2D eigenvalue weighted by molar-refractivity contribution is 6.02. The summed E-state index contributed by atoms with van der Waals surface area (Å²) in [5.74, 6) is -0.253. The van der Waals surface area contributed by atoms with Crippen molar-refractivity contribution in [1.82, 2.24) is 5.32 Å². The summed E-state index contributed by atoms with van der Waals surface area (Å²) in [6.45, 7) is 8.75. The van der Waals surface area contributed by atoms with E-state index in [1.807, 2.05) is 45.1 Å². The molecule has 4 nitrogen and oxygen atoms in total. The van der Waals surface area contributed by atoms with E-state index in [9.17, 15) is 18.0 Å². The van der Waals surface area contributed by atoms with Crippen LogP contribution in [0.25, 0.3) is 5.57 Å². The molecular formula is C29H37F3N2O2. The number of hydrogen-bond acceptors (Lipinski definition) is 3. The third-order valence-corrected chi connectivity index (χ3v) is 6.09. The molecule has 36 heavy (non-hydrogen) atoms. The lowest BCUT2D eigenvalue weighted by molar-refractivity contribution is -0.125. The summed E-state index contributed by atoms with van der Waals surface area (Å²) in [6, 6.07) is 1.59. The van der Waals surface area contributed by atoms with E-state index in [4.69, 9.17) is 4.42 Å². The summed E-state index contributed by atoms with van der Waals surface area (Å²) < 4.78 is 47.1. The summed E-state index contributed by atoms with van der Waals surface area (Å²) >= 11 is 0. The van der Waals surface area contributed by atoms with E-state index in [2.05, 4.69) is 10.3 Å². The zero-order chi connectivity index (χ0) is 26.7. The molecule has 1 aliphatic rings. The van der Waals surface area contributed by atoms with Crippen LogP contribution >= 0.6 is 0 Å². The molecule has 0 saturated heterocycles. The number of furan rings is 1. The molecule has 1 heterocycles. The van der Waals surface area contributed by atoms with Gasteiger partial charge in [0.25, 0.3) is 0 Å². The summed E-state index contributed by atoms with van der Waals surface area (Å²) in [7, 11) is 0. The molecule has 1 amide bonds. The lowest BCUT2D eigenvalue weighted by atomic mass is 9.94. The molecule has 0 aromatic carbocycles. The maximum absolute atomic E-state index is 14.0. The number of alkyl halides is 3. The van der Waals surface area contributed by atoms with Crippen LogP contribution in [0.4, 0.5) is 13.2 Å². The molecule has 0 fully saturated rings. The van der Waals surface area contributed by atoms with Gasteiger partial charge in [0.05, 0.1) is 24.1 Å². The maximum Gasteiger partial charge on any atom is 0.418 e. The lowest BCUT2D eigenvalue weighted by Crippen LogP contribution is -2.38. The summed E-state index contributed by atoms with van der Waals surface area (Å²) in [6.07, 6.45) is 12.0. The Balaban J connectivity index is 2.24. The number of allylic oxidation sites excluding steroid dienone is 8. The van der Waals surface area contributed by atoms with Gasteiger partial charge in [-0.2, -0.15) is 13.2 Å². The smallest absolute Gasteiger partial charge is 0.418 e. The number of hydrogen-bond donors (Lipinski definition) is 1. The number of carbonyl (C=O) groups excluding carboxylic acids is 1. The molecule has 1 N–H and O–H groups in total. The molecule has 0 spiro atoms. The molecule has 0 saturated carbocycles. The Labute approximate surface area is 212 Å². The van der Waals surface area contributed by atoms with Crippen molar-refractivity contribution < 1.29 is 22.4 Å². The van der Waals surface area contributed by atoms with Gasteiger partial charge >= 0.3 is 6.18 Å². The van der Waals surface area contributed by atoms with Crippen molar-refractivity contribution in [3.05, 3.63) is 77.5 Å². The van der Waals surface area contributed by atoms with Crippen LogP contribution in [-0.4, -0.2) is 23.8 Å². The molecule has 1 aromatic heterocycles. The standard InChI is InChI=1S/C29H37F3N2O2/c1-6-11-23(28(35)34-25-12-9-8-10-13-25)14-15-27(20(3)4)33-21(5)26(29(30,31)32)18-22(7-2)24-16-17-36-19-24/h7-10,12,16-19,23,25H,6,11,13-15H2,1-5H3,(H,34,35)/b22-7?,26-18+,33-21?. The van der Waals surface area contributed by atoms with Gasteiger partial charge in [0.2, 0.25) is 5.91 Å². The molecule has 0 aliphatic heterocycles. The zero-order valence-corrected chi connectivity index (χ0v) is 21.8. The Bertz CT molecular complexity index is 1050. The van der Waals surface area contributed by atoms with Gasteiger partial charge in [0.15, 0.2) is 0 Å². The minimum atomic E-state index is -4.58. The van der Waals surface area contributed by atoms with Crippen molar-refractivity contribution in [3.8, 4) is 0 Å². The highest BCUT2D eigenvalue weighted by atomic mass is 19.4. The molecule has 0 bridgehead atoms. The first kappa shape index (κ1) is 29.1.